The van der Waals surface area contributed by atoms with Crippen LogP contribution in [0.1, 0.15) is 91.5 Å². The second-order valence-electron chi connectivity index (χ2n) is 22.3. The average molecular weight is 1350 g/mol. The fourth-order valence-corrected chi connectivity index (χ4v) is 12.4. The third-order valence-electron chi connectivity index (χ3n) is 15.5. The molecule has 470 valence electrons. The van der Waals surface area contributed by atoms with Gasteiger partial charge in [0.05, 0.1) is 48.1 Å². The Bertz CT molecular complexity index is 3020. The molecule has 9 atom stereocenters. The molecule has 2 fully saturated rings. The number of carbonyl (C=O) groups is 8. The number of hydrogen-bond acceptors (Lipinski definition) is 15. The number of unbranched alkanes of at least 4 members (excludes halogenated alkanes) is 2. The minimum absolute atomic E-state index is 0.0462. The number of aromatic nitrogens is 1. The molecule has 3 aliphatic heterocycles. The zero-order chi connectivity index (χ0) is 63.0. The average Bonchev–Trinajstić information content (AvgIpc) is 1.69. The highest BCUT2D eigenvalue weighted by Crippen LogP contribution is 2.49. The third-order valence-corrected chi connectivity index (χ3v) is 17.4. The lowest BCUT2D eigenvalue weighted by Gasteiger charge is -2.42. The molecule has 4 bridgehead atoms. The zero-order valence-electron chi connectivity index (χ0n) is 49.5. The van der Waals surface area contributed by atoms with Crippen LogP contribution >= 0.6 is 43.5 Å². The first kappa shape index (κ1) is 68.5. The molecule has 9 amide bonds. The maximum Gasteiger partial charge on any atom is 0.412 e. The van der Waals surface area contributed by atoms with E-state index in [9.17, 15) is 43.5 Å². The van der Waals surface area contributed by atoms with E-state index in [1.54, 1.807) is 64.1 Å². The molecule has 27 heteroatoms. The number of amides is 9. The molecule has 0 spiro atoms. The van der Waals surface area contributed by atoms with E-state index in [4.69, 9.17) is 41.0 Å². The summed E-state index contributed by atoms with van der Waals surface area (Å²) in [5.74, 6) is -3.09. The number of pyridine rings is 1. The van der Waals surface area contributed by atoms with Gasteiger partial charge in [-0.2, -0.15) is 0 Å². The van der Waals surface area contributed by atoms with E-state index < -0.39 is 96.1 Å². The van der Waals surface area contributed by atoms with E-state index in [0.29, 0.717) is 59.7 Å². The highest BCUT2D eigenvalue weighted by molar-refractivity contribution is 9.09. The number of allylic oxidation sites excluding steroid dienone is 3. The molecule has 0 saturated carbocycles. The number of primary amides is 1. The number of urea groups is 1. The van der Waals surface area contributed by atoms with Gasteiger partial charge in [-0.1, -0.05) is 94.5 Å². The lowest BCUT2D eigenvalue weighted by atomic mass is 9.83. The number of benzene rings is 2. The van der Waals surface area contributed by atoms with Crippen molar-refractivity contribution in [1.29, 1.82) is 0 Å². The van der Waals surface area contributed by atoms with Gasteiger partial charge in [0.15, 0.2) is 5.72 Å². The van der Waals surface area contributed by atoms with Crippen molar-refractivity contribution in [3.63, 3.8) is 0 Å². The summed E-state index contributed by atoms with van der Waals surface area (Å²) in [7, 11) is 4.41. The number of halogens is 3. The SMILES string of the molecule is COc1cc2cc(c1Cl)N(C)C(=O)C[C@H](OC(=O)Nc1ccc(NC(=O)[C@H](CCCNC(N)=O)NC(=O)[C@@H](NC(=O)CCCCCNC(=O)C(CBr)CBr)C(C)C)c3cccnc13)[C@]1(C)O[C@H]1[C@H](C)[C@@H]1C[C@@](O)(NC(=O)O1)[C@H](OC)/C=C/C=C(\C)C2. The number of nitrogens with two attached hydrogens (primary N) is 1. The number of rotatable bonds is 23. The number of anilines is 3. The summed E-state index contributed by atoms with van der Waals surface area (Å²) in [6.07, 6.45) is 2.81. The Morgan fingerprint density at radius 1 is 0.965 bits per heavy atom. The number of carbonyl (C=O) groups excluding carboxylic acids is 8. The van der Waals surface area contributed by atoms with Gasteiger partial charge in [-0.05, 0) is 93.8 Å². The van der Waals surface area contributed by atoms with Crippen molar-refractivity contribution in [3.05, 3.63) is 77.0 Å². The van der Waals surface area contributed by atoms with Crippen molar-refractivity contribution in [2.24, 2.45) is 23.5 Å². The highest BCUT2D eigenvalue weighted by atomic mass is 79.9. The number of aliphatic hydroxyl groups is 1. The summed E-state index contributed by atoms with van der Waals surface area (Å²) in [4.78, 5) is 113. The maximum absolute atomic E-state index is 14.6. The molecule has 6 rings (SSSR count). The number of fused-ring (bicyclic) bond motifs is 6. The van der Waals surface area contributed by atoms with Crippen LogP contribution in [0.5, 0.6) is 5.75 Å². The number of methoxy groups -OCH3 is 2. The topological polar surface area (TPSA) is 333 Å². The third kappa shape index (κ3) is 18.0. The number of nitrogens with one attached hydrogen (secondary N) is 7. The van der Waals surface area contributed by atoms with Gasteiger partial charge in [0.25, 0.3) is 0 Å². The van der Waals surface area contributed by atoms with Gasteiger partial charge >= 0.3 is 18.2 Å². The van der Waals surface area contributed by atoms with Crippen molar-refractivity contribution < 1.29 is 67.1 Å². The minimum Gasteiger partial charge on any atom is -0.495 e. The first-order valence-electron chi connectivity index (χ1n) is 28.4. The molecule has 3 aromatic rings. The van der Waals surface area contributed by atoms with E-state index in [1.807, 2.05) is 13.0 Å². The van der Waals surface area contributed by atoms with Gasteiger partial charge in [-0.15, -0.1) is 0 Å². The zero-order valence-corrected chi connectivity index (χ0v) is 53.5. The van der Waals surface area contributed by atoms with E-state index >= 15 is 0 Å². The number of alkyl halides is 2. The van der Waals surface area contributed by atoms with E-state index in [1.165, 1.54) is 44.5 Å². The van der Waals surface area contributed by atoms with Gasteiger partial charge in [0.2, 0.25) is 29.5 Å². The normalized spacial score (nSPS) is 23.9. The van der Waals surface area contributed by atoms with Crippen molar-refractivity contribution in [2.45, 2.75) is 140 Å². The van der Waals surface area contributed by atoms with Crippen LogP contribution in [0.4, 0.5) is 31.4 Å². The predicted molar refractivity (Wildman–Crippen MR) is 331 cm³/mol. The second kappa shape index (κ2) is 31.4. The summed E-state index contributed by atoms with van der Waals surface area (Å²) >= 11 is 13.5. The van der Waals surface area contributed by atoms with Crippen LogP contribution in [0.3, 0.4) is 0 Å². The van der Waals surface area contributed by atoms with Gasteiger partial charge < -0.3 is 66.0 Å². The minimum atomic E-state index is -1.91. The molecule has 0 radical (unpaired) electrons. The Hall–Kier alpha value is -6.58. The number of alkyl carbamates (subject to hydrolysis) is 1. The Kier molecular flexibility index (Phi) is 25.0. The monoisotopic (exact) mass is 1340 g/mol. The Labute approximate surface area is 522 Å². The smallest absolute Gasteiger partial charge is 0.412 e. The lowest BCUT2D eigenvalue weighted by molar-refractivity contribution is -0.142. The molecule has 86 heavy (non-hydrogen) atoms. The van der Waals surface area contributed by atoms with Crippen LogP contribution in [0.2, 0.25) is 5.02 Å². The number of epoxide rings is 1. The molecule has 3 aliphatic rings. The van der Waals surface area contributed by atoms with Crippen LogP contribution in [-0.2, 0) is 49.3 Å². The second-order valence-corrected chi connectivity index (χ2v) is 23.9. The Morgan fingerprint density at radius 2 is 1.69 bits per heavy atom. The predicted octanol–water partition coefficient (Wildman–Crippen LogP) is 7.02. The van der Waals surface area contributed by atoms with Crippen LogP contribution in [0.25, 0.3) is 10.9 Å². The summed E-state index contributed by atoms with van der Waals surface area (Å²) in [6.45, 7) is 9.40. The number of hydrogen-bond donors (Lipinski definition) is 9. The summed E-state index contributed by atoms with van der Waals surface area (Å²) < 4.78 is 29.6. The van der Waals surface area contributed by atoms with Gasteiger partial charge in [0, 0.05) is 68.2 Å². The molecular weight excluding hydrogens is 1270 g/mol. The van der Waals surface area contributed by atoms with Gasteiger partial charge in [-0.3, -0.25) is 39.6 Å². The first-order chi connectivity index (χ1) is 40.9. The van der Waals surface area contributed by atoms with Gasteiger partial charge in [0.1, 0.15) is 46.8 Å². The maximum atomic E-state index is 14.6. The molecular formula is C59H79Br2ClN10O14. The Morgan fingerprint density at radius 3 is 2.37 bits per heavy atom. The van der Waals surface area contributed by atoms with Crippen molar-refractivity contribution >= 4 is 119 Å². The quantitative estimate of drug-likeness (QED) is 0.0262. The van der Waals surface area contributed by atoms with E-state index in [0.717, 1.165) is 11.1 Å². The summed E-state index contributed by atoms with van der Waals surface area (Å²) in [5.41, 5.74) is 4.60. The number of nitrogens with zero attached hydrogens (tertiary/aromatic N) is 2. The molecule has 10 N–H and O–H groups in total. The van der Waals surface area contributed by atoms with Crippen molar-refractivity contribution in [2.75, 3.05) is 60.6 Å². The molecule has 0 aliphatic carbocycles. The van der Waals surface area contributed by atoms with Crippen LogP contribution in [0, 0.1) is 17.8 Å². The van der Waals surface area contributed by atoms with Crippen LogP contribution in [-0.4, -0.2) is 151 Å². The molecule has 2 aromatic carbocycles. The Balaban J connectivity index is 1.21. The fraction of sp³-hybridized carbons (Fsp3) is 0.542. The first-order valence-corrected chi connectivity index (χ1v) is 31.1. The van der Waals surface area contributed by atoms with E-state index in [2.05, 4.69) is 74.1 Å². The van der Waals surface area contributed by atoms with Crippen molar-refractivity contribution in [1.82, 2.24) is 31.6 Å². The molecule has 24 nitrogen and oxygen atoms in total. The highest BCUT2D eigenvalue weighted by Gasteiger charge is 2.64. The molecule has 4 heterocycles. The van der Waals surface area contributed by atoms with Crippen molar-refractivity contribution in [3.8, 4) is 5.75 Å². The lowest BCUT2D eigenvalue weighted by Crippen LogP contribution is -2.63. The van der Waals surface area contributed by atoms with Gasteiger partial charge in [-0.25, -0.2) is 14.4 Å². The molecule has 1 aromatic heterocycles. The van der Waals surface area contributed by atoms with Crippen LogP contribution in [0.15, 0.2) is 66.4 Å². The summed E-state index contributed by atoms with van der Waals surface area (Å²) in [5, 5.41) is 32.7. The number of ether oxygens (including phenoxy) is 5. The van der Waals surface area contributed by atoms with Crippen LogP contribution < -0.4 is 52.6 Å². The molecule has 2 saturated heterocycles. The standard InChI is InChI=1S/C59H79Br2ClN10O14/c1-32(2)49(70-46(73)19-10-9-11-22-65-52(75)36(30-60)31-61)54(77)68-40(17-14-24-66-55(63)78)53(76)67-38-20-21-39(50-37(38)16-13-23-64-50)69-56(79)85-45-28-47(74)72(6)41-26-35(27-42(82-7)48(41)62)25-33(3)15-12-18-44(83-8)59(81)29-43(84-57(80)71-59)34(4)51-58(45,5)86-51/h12-13,15-16,18,20-21,23,26-27,32,34,36,40,43-45,49,51,81H,9-11,14,17,19,22,24-25,28-31H2,1-8H3,(H,65,75)(H,67,76)(H,68,77)(H,69,79)(H,70,73)(H,71,80)(H3,63,66,78)/b18-12+,33-15+/t34-,40+,43+,44-,45+,49+,51+,58+,59+/m1/s1. The summed E-state index contributed by atoms with van der Waals surface area (Å²) in [6, 6.07) is 6.85. The van der Waals surface area contributed by atoms with E-state index in [-0.39, 0.29) is 77.8 Å². The largest absolute Gasteiger partial charge is 0.495 e. The molecule has 0 unspecified atom stereocenters. The fourth-order valence-electron chi connectivity index (χ4n) is 10.4.